The second kappa shape index (κ2) is 9.16. The average Bonchev–Trinajstić information content (AvgIpc) is 2.64. The fourth-order valence-electron chi connectivity index (χ4n) is 2.34. The van der Waals surface area contributed by atoms with Gasteiger partial charge in [-0.05, 0) is 36.1 Å². The van der Waals surface area contributed by atoms with Crippen LogP contribution in [0, 0.1) is 16.7 Å². The van der Waals surface area contributed by atoms with Crippen LogP contribution in [0.1, 0.15) is 37.7 Å². The summed E-state index contributed by atoms with van der Waals surface area (Å²) < 4.78 is 5.17. The predicted octanol–water partition coefficient (Wildman–Crippen LogP) is 3.15. The molecule has 0 spiro atoms. The molecule has 0 fully saturated rings. The third-order valence-electron chi connectivity index (χ3n) is 3.82. The van der Waals surface area contributed by atoms with Crippen LogP contribution in [0.2, 0.25) is 0 Å². The number of hydrogen-bond donors (Lipinski definition) is 2. The van der Waals surface area contributed by atoms with Crippen LogP contribution in [0.5, 0.6) is 5.75 Å². The Labute approximate surface area is 155 Å². The van der Waals surface area contributed by atoms with Gasteiger partial charge in [0, 0.05) is 24.8 Å². The van der Waals surface area contributed by atoms with Crippen molar-refractivity contribution in [2.75, 3.05) is 25.5 Å². The number of benzene rings is 1. The minimum Gasteiger partial charge on any atom is -0.497 e. The minimum atomic E-state index is 0.122. The topological polar surface area (TPSA) is 82.9 Å². The number of aromatic nitrogens is 2. The predicted molar refractivity (Wildman–Crippen MR) is 103 cm³/mol. The van der Waals surface area contributed by atoms with Crippen molar-refractivity contribution in [2.24, 2.45) is 5.41 Å². The Bertz CT molecular complexity index is 744. The summed E-state index contributed by atoms with van der Waals surface area (Å²) in [6, 6.07) is 10.1. The number of methoxy groups -OCH3 is 1. The van der Waals surface area contributed by atoms with Gasteiger partial charge in [-0.3, -0.25) is 0 Å². The van der Waals surface area contributed by atoms with Gasteiger partial charge in [0.1, 0.15) is 17.6 Å². The van der Waals surface area contributed by atoms with Crippen LogP contribution in [0.3, 0.4) is 0 Å². The molecule has 2 rings (SSSR count). The van der Waals surface area contributed by atoms with Crippen LogP contribution in [0.4, 0.5) is 5.82 Å². The fourth-order valence-corrected chi connectivity index (χ4v) is 2.34. The molecule has 1 aromatic heterocycles. The number of anilines is 1. The third-order valence-corrected chi connectivity index (χ3v) is 3.82. The minimum absolute atomic E-state index is 0.122. The molecule has 1 aromatic carbocycles. The summed E-state index contributed by atoms with van der Waals surface area (Å²) in [5, 5.41) is 15.8. The number of nitrogens with zero attached hydrogens (tertiary/aromatic N) is 3. The summed E-state index contributed by atoms with van der Waals surface area (Å²) >= 11 is 0. The quantitative estimate of drug-likeness (QED) is 0.710. The molecule has 0 radical (unpaired) electrons. The second-order valence-corrected chi connectivity index (χ2v) is 7.37. The molecule has 0 amide bonds. The van der Waals surface area contributed by atoms with E-state index in [1.807, 2.05) is 18.2 Å². The molecule has 0 aliphatic heterocycles. The van der Waals surface area contributed by atoms with E-state index in [0.717, 1.165) is 36.6 Å². The van der Waals surface area contributed by atoms with E-state index < -0.39 is 0 Å². The Hall–Kier alpha value is -2.65. The lowest BCUT2D eigenvalue weighted by Gasteiger charge is -2.20. The Morgan fingerprint density at radius 1 is 1.19 bits per heavy atom. The summed E-state index contributed by atoms with van der Waals surface area (Å²) in [4.78, 5) is 8.41. The summed E-state index contributed by atoms with van der Waals surface area (Å²) in [6.07, 6.45) is 2.64. The first-order valence-corrected chi connectivity index (χ1v) is 8.75. The maximum Gasteiger partial charge on any atom is 0.234 e. The van der Waals surface area contributed by atoms with Crippen LogP contribution in [0.25, 0.3) is 0 Å². The first kappa shape index (κ1) is 19.7. The van der Waals surface area contributed by atoms with Gasteiger partial charge in [0.2, 0.25) is 5.82 Å². The molecule has 0 unspecified atom stereocenters. The van der Waals surface area contributed by atoms with Gasteiger partial charge >= 0.3 is 0 Å². The summed E-state index contributed by atoms with van der Waals surface area (Å²) in [7, 11) is 1.67. The smallest absolute Gasteiger partial charge is 0.234 e. The lowest BCUT2D eigenvalue weighted by Crippen LogP contribution is -2.23. The maximum atomic E-state index is 9.03. The van der Waals surface area contributed by atoms with Crippen molar-refractivity contribution in [1.29, 1.82) is 5.26 Å². The lowest BCUT2D eigenvalue weighted by molar-refractivity contribution is 0.414. The van der Waals surface area contributed by atoms with E-state index in [2.05, 4.69) is 53.5 Å². The molecule has 26 heavy (non-hydrogen) atoms. The lowest BCUT2D eigenvalue weighted by atomic mass is 9.97. The molecule has 6 nitrogen and oxygen atoms in total. The van der Waals surface area contributed by atoms with Gasteiger partial charge < -0.3 is 15.4 Å². The van der Waals surface area contributed by atoms with Crippen LogP contribution in [0.15, 0.2) is 30.5 Å². The van der Waals surface area contributed by atoms with Crippen LogP contribution in [-0.4, -0.2) is 30.2 Å². The van der Waals surface area contributed by atoms with E-state index >= 15 is 0 Å². The van der Waals surface area contributed by atoms with Crippen molar-refractivity contribution in [3.63, 3.8) is 0 Å². The summed E-state index contributed by atoms with van der Waals surface area (Å²) in [5.74, 6) is 1.78. The second-order valence-electron chi connectivity index (χ2n) is 7.37. The molecule has 138 valence electrons. The fraction of sp³-hybridized carbons (Fsp3) is 0.450. The number of nitriles is 1. The highest BCUT2D eigenvalue weighted by molar-refractivity contribution is 5.44. The van der Waals surface area contributed by atoms with E-state index in [-0.39, 0.29) is 11.2 Å². The van der Waals surface area contributed by atoms with E-state index in [1.165, 1.54) is 5.56 Å². The molecule has 0 bridgehead atoms. The zero-order valence-electron chi connectivity index (χ0n) is 16.0. The van der Waals surface area contributed by atoms with Gasteiger partial charge in [-0.2, -0.15) is 5.26 Å². The zero-order valence-corrected chi connectivity index (χ0v) is 16.0. The molecule has 2 aromatic rings. The first-order chi connectivity index (χ1) is 12.4. The Kier molecular flexibility index (Phi) is 6.93. The van der Waals surface area contributed by atoms with Crippen molar-refractivity contribution >= 4 is 5.82 Å². The van der Waals surface area contributed by atoms with Crippen molar-refractivity contribution in [1.82, 2.24) is 15.3 Å². The van der Waals surface area contributed by atoms with Crippen molar-refractivity contribution in [3.8, 4) is 11.8 Å². The third kappa shape index (κ3) is 6.34. The van der Waals surface area contributed by atoms with Crippen molar-refractivity contribution < 1.29 is 4.74 Å². The number of hydrogen-bond acceptors (Lipinski definition) is 6. The van der Waals surface area contributed by atoms with E-state index in [0.29, 0.717) is 6.54 Å². The van der Waals surface area contributed by atoms with Crippen LogP contribution in [-0.2, 0) is 13.0 Å². The Balaban J connectivity index is 1.91. The van der Waals surface area contributed by atoms with Crippen molar-refractivity contribution in [2.45, 2.75) is 33.7 Å². The highest BCUT2D eigenvalue weighted by atomic mass is 16.5. The van der Waals surface area contributed by atoms with Crippen molar-refractivity contribution in [3.05, 3.63) is 47.4 Å². The SMILES string of the molecule is COc1ccc(CCNCc2cnc(C#N)nc2NCC(C)(C)C)cc1. The largest absolute Gasteiger partial charge is 0.497 e. The molecule has 0 saturated carbocycles. The normalized spacial score (nSPS) is 11.0. The standard InChI is InChI=1S/C20H27N5O/c1-20(2,3)14-24-19-16(13-23-18(11-21)25-19)12-22-10-9-15-5-7-17(26-4)8-6-15/h5-8,13,22H,9-10,12,14H2,1-4H3,(H,23,24,25). The van der Waals surface area contributed by atoms with Crippen LogP contribution >= 0.6 is 0 Å². The van der Waals surface area contributed by atoms with Crippen LogP contribution < -0.4 is 15.4 Å². The molecule has 0 aliphatic rings. The van der Waals surface area contributed by atoms with E-state index in [9.17, 15) is 0 Å². The van der Waals surface area contributed by atoms with Gasteiger partial charge in [0.15, 0.2) is 0 Å². The summed E-state index contributed by atoms with van der Waals surface area (Å²) in [5.41, 5.74) is 2.33. The zero-order chi connectivity index (χ0) is 19.0. The van der Waals surface area contributed by atoms with E-state index in [1.54, 1.807) is 13.3 Å². The Morgan fingerprint density at radius 2 is 1.92 bits per heavy atom. The van der Waals surface area contributed by atoms with E-state index in [4.69, 9.17) is 10.00 Å². The molecular formula is C20H27N5O. The van der Waals surface area contributed by atoms with Gasteiger partial charge in [0.25, 0.3) is 0 Å². The average molecular weight is 353 g/mol. The Morgan fingerprint density at radius 3 is 2.54 bits per heavy atom. The highest BCUT2D eigenvalue weighted by Gasteiger charge is 2.13. The molecular weight excluding hydrogens is 326 g/mol. The monoisotopic (exact) mass is 353 g/mol. The molecule has 1 heterocycles. The van der Waals surface area contributed by atoms with Gasteiger partial charge in [-0.1, -0.05) is 32.9 Å². The van der Waals surface area contributed by atoms with Gasteiger partial charge in [-0.15, -0.1) is 0 Å². The molecule has 0 saturated heterocycles. The highest BCUT2D eigenvalue weighted by Crippen LogP contribution is 2.17. The van der Waals surface area contributed by atoms with Gasteiger partial charge in [-0.25, -0.2) is 9.97 Å². The molecule has 0 atom stereocenters. The first-order valence-electron chi connectivity index (χ1n) is 8.75. The molecule has 6 heteroatoms. The number of rotatable bonds is 8. The van der Waals surface area contributed by atoms with Gasteiger partial charge in [0.05, 0.1) is 7.11 Å². The number of nitrogens with one attached hydrogen (secondary N) is 2. The maximum absolute atomic E-state index is 9.03. The molecule has 2 N–H and O–H groups in total. The number of ether oxygens (including phenoxy) is 1. The molecule has 0 aliphatic carbocycles. The summed E-state index contributed by atoms with van der Waals surface area (Å²) in [6.45, 7) is 8.71.